The number of carbonyl (C=O) groups is 2. The van der Waals surface area contributed by atoms with E-state index in [9.17, 15) is 9.59 Å². The zero-order valence-electron chi connectivity index (χ0n) is 14.0. The number of esters is 1. The summed E-state index contributed by atoms with van der Waals surface area (Å²) < 4.78 is 6.45. The molecule has 3 aromatic heterocycles. The summed E-state index contributed by atoms with van der Waals surface area (Å²) in [5.74, 6) is -0.954. The topological polar surface area (TPSA) is 98.5 Å². The predicted octanol–water partition coefficient (Wildman–Crippen LogP) is 1.84. The molecule has 0 aromatic carbocycles. The van der Waals surface area contributed by atoms with Crippen molar-refractivity contribution < 1.29 is 14.3 Å². The third kappa shape index (κ3) is 3.82. The molecule has 0 saturated carbocycles. The first kappa shape index (κ1) is 17.0. The molecule has 0 saturated heterocycles. The van der Waals surface area contributed by atoms with E-state index in [-0.39, 0.29) is 17.8 Å². The van der Waals surface area contributed by atoms with Crippen LogP contribution in [0.3, 0.4) is 0 Å². The molecule has 130 valence electrons. The smallest absolute Gasteiger partial charge is 0.378 e. The van der Waals surface area contributed by atoms with Gasteiger partial charge in [-0.05, 0) is 38.3 Å². The summed E-state index contributed by atoms with van der Waals surface area (Å²) >= 11 is 1.55. The molecule has 0 fully saturated rings. The molecule has 0 bridgehead atoms. The maximum Gasteiger partial charge on any atom is 0.378 e. The van der Waals surface area contributed by atoms with Crippen LogP contribution in [0.1, 0.15) is 39.8 Å². The van der Waals surface area contributed by atoms with Crippen LogP contribution in [0.2, 0.25) is 0 Å². The van der Waals surface area contributed by atoms with E-state index >= 15 is 0 Å². The van der Waals surface area contributed by atoms with Gasteiger partial charge in [-0.25, -0.2) is 14.3 Å². The summed E-state index contributed by atoms with van der Waals surface area (Å²) in [5, 5.41) is 8.77. The van der Waals surface area contributed by atoms with E-state index < -0.39 is 12.6 Å². The molecule has 1 amide bonds. The Morgan fingerprint density at radius 1 is 1.36 bits per heavy atom. The third-order valence-corrected chi connectivity index (χ3v) is 4.54. The highest BCUT2D eigenvalue weighted by Crippen LogP contribution is 2.17. The molecule has 1 N–H and O–H groups in total. The molecular weight excluding hydrogens is 342 g/mol. The fourth-order valence-electron chi connectivity index (χ4n) is 2.34. The highest BCUT2D eigenvalue weighted by atomic mass is 32.1. The van der Waals surface area contributed by atoms with Gasteiger partial charge in [-0.1, -0.05) is 6.07 Å². The fraction of sp³-hybridized carbons (Fsp3) is 0.312. The normalized spacial score (nSPS) is 12.1. The molecular formula is C16H17N5O3S. The lowest BCUT2D eigenvalue weighted by atomic mass is 10.3. The van der Waals surface area contributed by atoms with Gasteiger partial charge in [-0.2, -0.15) is 4.98 Å². The first-order valence-corrected chi connectivity index (χ1v) is 8.53. The lowest BCUT2D eigenvalue weighted by Gasteiger charge is -2.11. The minimum absolute atomic E-state index is 0.125. The van der Waals surface area contributed by atoms with E-state index in [0.717, 1.165) is 16.3 Å². The van der Waals surface area contributed by atoms with E-state index in [1.807, 2.05) is 44.4 Å². The second-order valence-corrected chi connectivity index (χ2v) is 6.55. The van der Waals surface area contributed by atoms with Gasteiger partial charge in [0.2, 0.25) is 0 Å². The summed E-state index contributed by atoms with van der Waals surface area (Å²) in [6.07, 6.45) is 0. The maximum atomic E-state index is 12.1. The third-order valence-electron chi connectivity index (χ3n) is 3.48. The standard InChI is InChI=1S/C16H17N5O3S/c1-9-7-10(2)21-16(17-9)19-14(20-21)15(23)24-8-13(22)18-11(3)12-5-4-6-25-12/h4-7,11H,8H2,1-3H3,(H,18,22)/t11-/m0/s1. The number of amides is 1. The molecule has 8 nitrogen and oxygen atoms in total. The number of hydrogen-bond acceptors (Lipinski definition) is 7. The van der Waals surface area contributed by atoms with Gasteiger partial charge in [0.05, 0.1) is 6.04 Å². The van der Waals surface area contributed by atoms with Gasteiger partial charge < -0.3 is 10.1 Å². The number of hydrogen-bond donors (Lipinski definition) is 1. The predicted molar refractivity (Wildman–Crippen MR) is 91.4 cm³/mol. The summed E-state index contributed by atoms with van der Waals surface area (Å²) in [6.45, 7) is 5.14. The van der Waals surface area contributed by atoms with E-state index in [0.29, 0.717) is 5.78 Å². The van der Waals surface area contributed by atoms with Crippen molar-refractivity contribution in [2.24, 2.45) is 0 Å². The Labute approximate surface area is 147 Å². The average Bonchev–Trinajstić information content (AvgIpc) is 3.21. The fourth-order valence-corrected chi connectivity index (χ4v) is 3.07. The molecule has 9 heteroatoms. The van der Waals surface area contributed by atoms with Crippen LogP contribution < -0.4 is 5.32 Å². The van der Waals surface area contributed by atoms with Crippen molar-refractivity contribution in [3.05, 3.63) is 45.7 Å². The molecule has 3 rings (SSSR count). The summed E-state index contributed by atoms with van der Waals surface area (Å²) in [7, 11) is 0. The summed E-state index contributed by atoms with van der Waals surface area (Å²) in [5.41, 5.74) is 1.58. The Morgan fingerprint density at radius 3 is 2.88 bits per heavy atom. The molecule has 1 atom stereocenters. The zero-order valence-corrected chi connectivity index (χ0v) is 14.8. The minimum Gasteiger partial charge on any atom is -0.450 e. The molecule has 0 unspecified atom stereocenters. The Balaban J connectivity index is 1.61. The largest absolute Gasteiger partial charge is 0.450 e. The minimum atomic E-state index is -0.763. The number of ether oxygens (including phenoxy) is 1. The Kier molecular flexibility index (Phi) is 4.75. The van der Waals surface area contributed by atoms with E-state index in [2.05, 4.69) is 20.4 Å². The van der Waals surface area contributed by atoms with Crippen molar-refractivity contribution in [2.75, 3.05) is 6.61 Å². The van der Waals surface area contributed by atoms with Crippen molar-refractivity contribution in [2.45, 2.75) is 26.8 Å². The van der Waals surface area contributed by atoms with E-state index in [4.69, 9.17) is 4.74 Å². The number of nitrogens with one attached hydrogen (secondary N) is 1. The van der Waals surface area contributed by atoms with Crippen molar-refractivity contribution in [3.63, 3.8) is 0 Å². The molecule has 0 radical (unpaired) electrons. The Bertz CT molecular complexity index is 919. The molecule has 0 aliphatic rings. The number of aromatic nitrogens is 4. The zero-order chi connectivity index (χ0) is 18.0. The summed E-state index contributed by atoms with van der Waals surface area (Å²) in [6, 6.07) is 5.53. The van der Waals surface area contributed by atoms with Gasteiger partial charge in [0.15, 0.2) is 6.61 Å². The van der Waals surface area contributed by atoms with Crippen LogP contribution in [0.5, 0.6) is 0 Å². The van der Waals surface area contributed by atoms with Gasteiger partial charge in [0, 0.05) is 16.3 Å². The maximum absolute atomic E-state index is 12.1. The van der Waals surface area contributed by atoms with Gasteiger partial charge in [0.1, 0.15) is 0 Å². The number of nitrogens with zero attached hydrogens (tertiary/aromatic N) is 4. The van der Waals surface area contributed by atoms with E-state index in [1.165, 1.54) is 4.52 Å². The van der Waals surface area contributed by atoms with Gasteiger partial charge in [-0.3, -0.25) is 4.79 Å². The lowest BCUT2D eigenvalue weighted by molar-refractivity contribution is -0.124. The quantitative estimate of drug-likeness (QED) is 0.698. The number of fused-ring (bicyclic) bond motifs is 1. The molecule has 3 heterocycles. The number of thiophene rings is 1. The second kappa shape index (κ2) is 6.98. The van der Waals surface area contributed by atoms with E-state index in [1.54, 1.807) is 11.3 Å². The SMILES string of the molecule is Cc1cc(C)n2nc(C(=O)OCC(=O)N[C@@H](C)c3cccs3)nc2n1. The van der Waals surface area contributed by atoms with Gasteiger partial charge in [0.25, 0.3) is 17.5 Å². The first-order valence-electron chi connectivity index (χ1n) is 7.65. The number of carbonyl (C=O) groups excluding carboxylic acids is 2. The van der Waals surface area contributed by atoms with Crippen LogP contribution in [0.25, 0.3) is 5.78 Å². The van der Waals surface area contributed by atoms with Gasteiger partial charge >= 0.3 is 5.97 Å². The van der Waals surface area contributed by atoms with Crippen LogP contribution >= 0.6 is 11.3 Å². The molecule has 0 aliphatic heterocycles. The van der Waals surface area contributed by atoms with Crippen LogP contribution in [-0.4, -0.2) is 38.1 Å². The lowest BCUT2D eigenvalue weighted by Crippen LogP contribution is -2.30. The number of rotatable bonds is 5. The monoisotopic (exact) mass is 359 g/mol. The van der Waals surface area contributed by atoms with Crippen molar-refractivity contribution >= 4 is 29.0 Å². The Hall–Kier alpha value is -2.81. The molecule has 3 aromatic rings. The first-order chi connectivity index (χ1) is 11.9. The van der Waals surface area contributed by atoms with Crippen molar-refractivity contribution in [1.82, 2.24) is 24.9 Å². The molecule has 25 heavy (non-hydrogen) atoms. The molecule has 0 spiro atoms. The summed E-state index contributed by atoms with van der Waals surface area (Å²) in [4.78, 5) is 33.3. The average molecular weight is 359 g/mol. The van der Waals surface area contributed by atoms with Crippen molar-refractivity contribution in [1.29, 1.82) is 0 Å². The number of aryl methyl sites for hydroxylation is 2. The van der Waals surface area contributed by atoms with Gasteiger partial charge in [-0.15, -0.1) is 16.4 Å². The van der Waals surface area contributed by atoms with Crippen LogP contribution in [-0.2, 0) is 9.53 Å². The van der Waals surface area contributed by atoms with Crippen LogP contribution in [0.4, 0.5) is 0 Å². The second-order valence-electron chi connectivity index (χ2n) is 5.57. The Morgan fingerprint density at radius 2 is 2.16 bits per heavy atom. The highest BCUT2D eigenvalue weighted by molar-refractivity contribution is 7.10. The van der Waals surface area contributed by atoms with Crippen molar-refractivity contribution in [3.8, 4) is 0 Å². The van der Waals surface area contributed by atoms with Crippen LogP contribution in [0, 0.1) is 13.8 Å². The molecule has 0 aliphatic carbocycles. The highest BCUT2D eigenvalue weighted by Gasteiger charge is 2.18. The van der Waals surface area contributed by atoms with Crippen LogP contribution in [0.15, 0.2) is 23.6 Å².